The first-order chi connectivity index (χ1) is 6.77. The van der Waals surface area contributed by atoms with Crippen LogP contribution >= 0.6 is 11.6 Å². The van der Waals surface area contributed by atoms with Gasteiger partial charge in [-0.2, -0.15) is 0 Å². The molecule has 0 unspecified atom stereocenters. The van der Waals surface area contributed by atoms with Gasteiger partial charge in [0.25, 0.3) is 0 Å². The topological polar surface area (TPSA) is 21.3 Å². The first-order valence-electron chi connectivity index (χ1n) is 4.94. The van der Waals surface area contributed by atoms with E-state index in [2.05, 4.69) is 12.2 Å². The summed E-state index contributed by atoms with van der Waals surface area (Å²) in [5.74, 6) is 0.832. The van der Waals surface area contributed by atoms with Gasteiger partial charge in [0.15, 0.2) is 0 Å². The highest BCUT2D eigenvalue weighted by Gasteiger charge is 2.00. The van der Waals surface area contributed by atoms with Crippen molar-refractivity contribution in [3.63, 3.8) is 0 Å². The first-order valence-corrected chi connectivity index (χ1v) is 5.32. The summed E-state index contributed by atoms with van der Waals surface area (Å²) in [6.45, 7) is 5.72. The molecule has 0 aliphatic rings. The molecule has 0 spiro atoms. The van der Waals surface area contributed by atoms with E-state index in [1.54, 1.807) is 0 Å². The molecule has 0 saturated heterocycles. The second-order valence-corrected chi connectivity index (χ2v) is 3.43. The summed E-state index contributed by atoms with van der Waals surface area (Å²) in [5.41, 5.74) is 0.956. The Morgan fingerprint density at radius 2 is 2.14 bits per heavy atom. The molecule has 0 aliphatic heterocycles. The molecule has 1 N–H and O–H groups in total. The normalized spacial score (nSPS) is 9.93. The summed E-state index contributed by atoms with van der Waals surface area (Å²) < 4.78 is 5.46. The van der Waals surface area contributed by atoms with Crippen molar-refractivity contribution >= 4 is 17.3 Å². The number of hydrogen-bond donors (Lipinski definition) is 1. The molecule has 0 aliphatic carbocycles. The summed E-state index contributed by atoms with van der Waals surface area (Å²) in [4.78, 5) is 0. The summed E-state index contributed by atoms with van der Waals surface area (Å²) in [6, 6.07) is 5.71. The molecule has 0 fully saturated rings. The quantitative estimate of drug-likeness (QED) is 0.808. The van der Waals surface area contributed by atoms with Crippen LogP contribution in [0.1, 0.15) is 20.3 Å². The SMILES string of the molecule is CCCOc1ccc(NCC)c(Cl)c1. The Morgan fingerprint density at radius 1 is 1.36 bits per heavy atom. The van der Waals surface area contributed by atoms with Crippen molar-refractivity contribution in [2.24, 2.45) is 0 Å². The van der Waals surface area contributed by atoms with Gasteiger partial charge >= 0.3 is 0 Å². The third-order valence-corrected chi connectivity index (χ3v) is 2.09. The molecule has 0 radical (unpaired) electrons. The number of halogens is 1. The predicted molar refractivity (Wildman–Crippen MR) is 61.4 cm³/mol. The van der Waals surface area contributed by atoms with E-state index in [0.717, 1.165) is 31.0 Å². The van der Waals surface area contributed by atoms with E-state index < -0.39 is 0 Å². The van der Waals surface area contributed by atoms with Crippen molar-refractivity contribution in [2.45, 2.75) is 20.3 Å². The van der Waals surface area contributed by atoms with E-state index in [1.165, 1.54) is 0 Å². The number of anilines is 1. The van der Waals surface area contributed by atoms with E-state index in [0.29, 0.717) is 5.02 Å². The van der Waals surface area contributed by atoms with Crippen LogP contribution in [0.15, 0.2) is 18.2 Å². The van der Waals surface area contributed by atoms with Crippen LogP contribution < -0.4 is 10.1 Å². The van der Waals surface area contributed by atoms with Gasteiger partial charge in [0.05, 0.1) is 17.3 Å². The molecule has 3 heteroatoms. The van der Waals surface area contributed by atoms with Crippen LogP contribution in [0.2, 0.25) is 5.02 Å². The van der Waals surface area contributed by atoms with Crippen LogP contribution in [0, 0.1) is 0 Å². The minimum atomic E-state index is 0.709. The Labute approximate surface area is 90.2 Å². The highest BCUT2D eigenvalue weighted by Crippen LogP contribution is 2.26. The molecule has 2 nitrogen and oxygen atoms in total. The van der Waals surface area contributed by atoms with E-state index in [9.17, 15) is 0 Å². The van der Waals surface area contributed by atoms with E-state index in [1.807, 2.05) is 25.1 Å². The van der Waals surface area contributed by atoms with E-state index in [-0.39, 0.29) is 0 Å². The summed E-state index contributed by atoms with van der Waals surface area (Å²) >= 11 is 6.04. The fourth-order valence-electron chi connectivity index (χ4n) is 1.14. The van der Waals surface area contributed by atoms with Gasteiger partial charge in [-0.25, -0.2) is 0 Å². The summed E-state index contributed by atoms with van der Waals surface area (Å²) in [6.07, 6.45) is 1.01. The molecule has 0 atom stereocenters. The highest BCUT2D eigenvalue weighted by molar-refractivity contribution is 6.33. The van der Waals surface area contributed by atoms with Gasteiger partial charge in [0.1, 0.15) is 5.75 Å². The average molecular weight is 214 g/mol. The van der Waals surface area contributed by atoms with Crippen LogP contribution in [0.25, 0.3) is 0 Å². The zero-order valence-corrected chi connectivity index (χ0v) is 9.40. The standard InChI is InChI=1S/C11H16ClNO/c1-3-7-14-9-5-6-11(13-4-2)10(12)8-9/h5-6,8,13H,3-4,7H2,1-2H3. The van der Waals surface area contributed by atoms with Gasteiger partial charge in [-0.05, 0) is 25.5 Å². The van der Waals surface area contributed by atoms with Crippen LogP contribution in [-0.4, -0.2) is 13.2 Å². The molecule has 14 heavy (non-hydrogen) atoms. The third kappa shape index (κ3) is 3.11. The molecule has 78 valence electrons. The van der Waals surface area contributed by atoms with E-state index >= 15 is 0 Å². The van der Waals surface area contributed by atoms with Crippen molar-refractivity contribution in [3.05, 3.63) is 23.2 Å². The summed E-state index contributed by atoms with van der Waals surface area (Å²) in [7, 11) is 0. The number of ether oxygens (including phenoxy) is 1. The zero-order valence-electron chi connectivity index (χ0n) is 8.64. The van der Waals surface area contributed by atoms with Crippen molar-refractivity contribution in [2.75, 3.05) is 18.5 Å². The average Bonchev–Trinajstić information content (AvgIpc) is 2.19. The highest BCUT2D eigenvalue weighted by atomic mass is 35.5. The van der Waals surface area contributed by atoms with Crippen molar-refractivity contribution in [1.82, 2.24) is 0 Å². The van der Waals surface area contributed by atoms with Crippen LogP contribution in [0.5, 0.6) is 5.75 Å². The van der Waals surface area contributed by atoms with Gasteiger partial charge < -0.3 is 10.1 Å². The summed E-state index contributed by atoms with van der Waals surface area (Å²) in [5, 5.41) is 3.88. The van der Waals surface area contributed by atoms with Crippen LogP contribution in [-0.2, 0) is 0 Å². The van der Waals surface area contributed by atoms with Crippen LogP contribution in [0.3, 0.4) is 0 Å². The molecule has 0 bridgehead atoms. The Kier molecular flexibility index (Phi) is 4.60. The first kappa shape index (κ1) is 11.2. The fraction of sp³-hybridized carbons (Fsp3) is 0.455. The number of benzene rings is 1. The molecule has 1 rings (SSSR count). The number of hydrogen-bond acceptors (Lipinski definition) is 2. The Hall–Kier alpha value is -0.890. The molecule has 0 saturated carbocycles. The lowest BCUT2D eigenvalue weighted by Gasteiger charge is -2.09. The Bertz CT molecular complexity index is 289. The molecular weight excluding hydrogens is 198 g/mol. The third-order valence-electron chi connectivity index (χ3n) is 1.78. The fourth-order valence-corrected chi connectivity index (χ4v) is 1.38. The molecular formula is C11H16ClNO. The molecule has 1 aromatic rings. The molecule has 0 amide bonds. The second kappa shape index (κ2) is 5.76. The lowest BCUT2D eigenvalue weighted by molar-refractivity contribution is 0.317. The second-order valence-electron chi connectivity index (χ2n) is 3.02. The minimum absolute atomic E-state index is 0.709. The smallest absolute Gasteiger partial charge is 0.120 e. The van der Waals surface area contributed by atoms with Gasteiger partial charge in [0, 0.05) is 12.6 Å². The number of nitrogens with one attached hydrogen (secondary N) is 1. The van der Waals surface area contributed by atoms with Crippen molar-refractivity contribution in [1.29, 1.82) is 0 Å². The van der Waals surface area contributed by atoms with Gasteiger partial charge in [-0.3, -0.25) is 0 Å². The van der Waals surface area contributed by atoms with Gasteiger partial charge in [0.2, 0.25) is 0 Å². The Morgan fingerprint density at radius 3 is 2.71 bits per heavy atom. The zero-order chi connectivity index (χ0) is 10.4. The van der Waals surface area contributed by atoms with Gasteiger partial charge in [-0.15, -0.1) is 0 Å². The Balaban J connectivity index is 2.68. The largest absolute Gasteiger partial charge is 0.494 e. The maximum Gasteiger partial charge on any atom is 0.120 e. The lowest BCUT2D eigenvalue weighted by Crippen LogP contribution is -1.98. The maximum absolute atomic E-state index is 6.04. The van der Waals surface area contributed by atoms with Crippen molar-refractivity contribution < 1.29 is 4.74 Å². The van der Waals surface area contributed by atoms with Gasteiger partial charge in [-0.1, -0.05) is 18.5 Å². The van der Waals surface area contributed by atoms with E-state index in [4.69, 9.17) is 16.3 Å². The molecule has 0 heterocycles. The minimum Gasteiger partial charge on any atom is -0.494 e. The van der Waals surface area contributed by atoms with Crippen LogP contribution in [0.4, 0.5) is 5.69 Å². The maximum atomic E-state index is 6.04. The number of rotatable bonds is 5. The van der Waals surface area contributed by atoms with Crippen molar-refractivity contribution in [3.8, 4) is 5.75 Å². The molecule has 1 aromatic carbocycles. The monoisotopic (exact) mass is 213 g/mol. The molecule has 0 aromatic heterocycles. The predicted octanol–water partition coefficient (Wildman–Crippen LogP) is 3.56. The lowest BCUT2D eigenvalue weighted by atomic mass is 10.3.